The van der Waals surface area contributed by atoms with Crippen molar-refractivity contribution in [2.24, 2.45) is 5.92 Å². The fourth-order valence-corrected chi connectivity index (χ4v) is 2.35. The standard InChI is InChI=1S/C12H20N2O3S/c1-10(2)12(15)9-14-18(16,17)8-6-11-5-3-4-7-13-11/h3-5,7,10,12,14-15H,6,8-9H2,1-2H3. The van der Waals surface area contributed by atoms with Gasteiger partial charge in [0.15, 0.2) is 0 Å². The number of aliphatic hydroxyl groups excluding tert-OH is 1. The molecule has 1 atom stereocenters. The van der Waals surface area contributed by atoms with Gasteiger partial charge in [0.05, 0.1) is 11.9 Å². The Labute approximate surface area is 108 Å². The molecule has 0 aliphatic carbocycles. The van der Waals surface area contributed by atoms with Crippen LogP contribution in [0.15, 0.2) is 24.4 Å². The summed E-state index contributed by atoms with van der Waals surface area (Å²) in [4.78, 5) is 4.06. The summed E-state index contributed by atoms with van der Waals surface area (Å²) < 4.78 is 25.8. The Morgan fingerprint density at radius 3 is 2.67 bits per heavy atom. The van der Waals surface area contributed by atoms with Crippen molar-refractivity contribution in [3.63, 3.8) is 0 Å². The van der Waals surface area contributed by atoms with Crippen LogP contribution in [-0.4, -0.2) is 36.9 Å². The summed E-state index contributed by atoms with van der Waals surface area (Å²) >= 11 is 0. The van der Waals surface area contributed by atoms with Gasteiger partial charge < -0.3 is 5.11 Å². The molecule has 1 unspecified atom stereocenters. The van der Waals surface area contributed by atoms with Gasteiger partial charge in [-0.1, -0.05) is 19.9 Å². The van der Waals surface area contributed by atoms with Crippen molar-refractivity contribution in [3.8, 4) is 0 Å². The van der Waals surface area contributed by atoms with E-state index in [0.717, 1.165) is 5.69 Å². The Morgan fingerprint density at radius 1 is 1.39 bits per heavy atom. The molecule has 0 aromatic carbocycles. The monoisotopic (exact) mass is 272 g/mol. The number of aromatic nitrogens is 1. The van der Waals surface area contributed by atoms with Crippen LogP contribution in [0.1, 0.15) is 19.5 Å². The first kappa shape index (κ1) is 15.1. The van der Waals surface area contributed by atoms with E-state index < -0.39 is 16.1 Å². The lowest BCUT2D eigenvalue weighted by Crippen LogP contribution is -2.36. The van der Waals surface area contributed by atoms with Crippen molar-refractivity contribution < 1.29 is 13.5 Å². The second-order valence-corrected chi connectivity index (χ2v) is 6.48. The molecule has 0 fully saturated rings. The second-order valence-electron chi connectivity index (χ2n) is 4.55. The Kier molecular flexibility index (Phi) is 5.71. The number of nitrogens with one attached hydrogen (secondary N) is 1. The number of rotatable bonds is 7. The number of pyridine rings is 1. The molecular formula is C12H20N2O3S. The summed E-state index contributed by atoms with van der Waals surface area (Å²) in [6, 6.07) is 5.40. The molecule has 1 rings (SSSR count). The van der Waals surface area contributed by atoms with E-state index in [1.807, 2.05) is 19.9 Å². The molecule has 1 heterocycles. The minimum atomic E-state index is -3.36. The van der Waals surface area contributed by atoms with E-state index in [9.17, 15) is 13.5 Å². The number of aliphatic hydroxyl groups is 1. The van der Waals surface area contributed by atoms with Gasteiger partial charge in [-0.15, -0.1) is 0 Å². The van der Waals surface area contributed by atoms with Crippen molar-refractivity contribution in [1.82, 2.24) is 9.71 Å². The maximum atomic E-state index is 11.7. The zero-order valence-electron chi connectivity index (χ0n) is 10.7. The highest BCUT2D eigenvalue weighted by Crippen LogP contribution is 2.01. The SMILES string of the molecule is CC(C)C(O)CNS(=O)(=O)CCc1ccccn1. The fourth-order valence-electron chi connectivity index (χ4n) is 1.31. The zero-order valence-corrected chi connectivity index (χ0v) is 11.5. The van der Waals surface area contributed by atoms with Crippen molar-refractivity contribution in [1.29, 1.82) is 0 Å². The smallest absolute Gasteiger partial charge is 0.212 e. The third kappa shape index (κ3) is 5.57. The van der Waals surface area contributed by atoms with Gasteiger partial charge in [0.2, 0.25) is 10.0 Å². The fraction of sp³-hybridized carbons (Fsp3) is 0.583. The average Bonchev–Trinajstić information content (AvgIpc) is 2.35. The van der Waals surface area contributed by atoms with E-state index in [1.54, 1.807) is 18.3 Å². The Hall–Kier alpha value is -0.980. The highest BCUT2D eigenvalue weighted by atomic mass is 32.2. The Balaban J connectivity index is 2.41. The lowest BCUT2D eigenvalue weighted by atomic mass is 10.1. The van der Waals surface area contributed by atoms with Crippen molar-refractivity contribution in [2.75, 3.05) is 12.3 Å². The predicted molar refractivity (Wildman–Crippen MR) is 70.6 cm³/mol. The van der Waals surface area contributed by atoms with Gasteiger partial charge in [0.25, 0.3) is 0 Å². The first-order valence-electron chi connectivity index (χ1n) is 5.96. The molecule has 0 amide bonds. The average molecular weight is 272 g/mol. The molecule has 1 aromatic rings. The summed E-state index contributed by atoms with van der Waals surface area (Å²) in [6.45, 7) is 3.74. The van der Waals surface area contributed by atoms with E-state index in [2.05, 4.69) is 9.71 Å². The second kappa shape index (κ2) is 6.82. The first-order valence-corrected chi connectivity index (χ1v) is 7.61. The molecule has 0 saturated heterocycles. The van der Waals surface area contributed by atoms with Gasteiger partial charge >= 0.3 is 0 Å². The molecule has 18 heavy (non-hydrogen) atoms. The van der Waals surface area contributed by atoms with E-state index in [0.29, 0.717) is 6.42 Å². The van der Waals surface area contributed by atoms with Crippen LogP contribution in [0.25, 0.3) is 0 Å². The summed E-state index contributed by atoms with van der Waals surface area (Å²) in [5.74, 6) is 0.0120. The quantitative estimate of drug-likeness (QED) is 0.760. The van der Waals surface area contributed by atoms with Crippen LogP contribution < -0.4 is 4.72 Å². The Morgan fingerprint density at radius 2 is 2.11 bits per heavy atom. The Bertz CT molecular complexity index is 446. The van der Waals surface area contributed by atoms with Gasteiger partial charge in [-0.05, 0) is 18.1 Å². The van der Waals surface area contributed by atoms with Gasteiger partial charge in [-0.25, -0.2) is 13.1 Å². The minimum Gasteiger partial charge on any atom is -0.391 e. The molecular weight excluding hydrogens is 252 g/mol. The van der Waals surface area contributed by atoms with Gasteiger partial charge in [-0.2, -0.15) is 0 Å². The normalized spacial score (nSPS) is 13.8. The lowest BCUT2D eigenvalue weighted by molar-refractivity contribution is 0.129. The predicted octanol–water partition coefficient (Wildman–Crippen LogP) is 0.560. The molecule has 6 heteroatoms. The highest BCUT2D eigenvalue weighted by molar-refractivity contribution is 7.89. The third-order valence-electron chi connectivity index (χ3n) is 2.64. The maximum Gasteiger partial charge on any atom is 0.212 e. The molecule has 0 spiro atoms. The highest BCUT2D eigenvalue weighted by Gasteiger charge is 2.15. The molecule has 102 valence electrons. The molecule has 2 N–H and O–H groups in total. The van der Waals surface area contributed by atoms with Crippen LogP contribution in [0.2, 0.25) is 0 Å². The van der Waals surface area contributed by atoms with E-state index >= 15 is 0 Å². The number of aryl methyl sites for hydroxylation is 1. The van der Waals surface area contributed by atoms with Crippen molar-refractivity contribution in [2.45, 2.75) is 26.4 Å². The van der Waals surface area contributed by atoms with Gasteiger partial charge in [0.1, 0.15) is 0 Å². The van der Waals surface area contributed by atoms with Crippen LogP contribution in [0, 0.1) is 5.92 Å². The molecule has 0 radical (unpaired) electrons. The van der Waals surface area contributed by atoms with Crippen LogP contribution in [0.5, 0.6) is 0 Å². The van der Waals surface area contributed by atoms with Crippen LogP contribution >= 0.6 is 0 Å². The van der Waals surface area contributed by atoms with Crippen LogP contribution in [-0.2, 0) is 16.4 Å². The molecule has 0 aliphatic heterocycles. The summed E-state index contributed by atoms with van der Waals surface area (Å²) in [7, 11) is -3.36. The topological polar surface area (TPSA) is 79.3 Å². The van der Waals surface area contributed by atoms with Crippen molar-refractivity contribution >= 4 is 10.0 Å². The molecule has 1 aromatic heterocycles. The molecule has 0 bridgehead atoms. The summed E-state index contributed by atoms with van der Waals surface area (Å²) in [5.41, 5.74) is 0.743. The van der Waals surface area contributed by atoms with Crippen LogP contribution in [0.3, 0.4) is 0 Å². The largest absolute Gasteiger partial charge is 0.391 e. The molecule has 0 saturated carbocycles. The van der Waals surface area contributed by atoms with Gasteiger partial charge in [0, 0.05) is 24.9 Å². The molecule has 5 nitrogen and oxygen atoms in total. The summed E-state index contributed by atoms with van der Waals surface area (Å²) in [6.07, 6.45) is 1.35. The van der Waals surface area contributed by atoms with E-state index in [-0.39, 0.29) is 18.2 Å². The van der Waals surface area contributed by atoms with E-state index in [1.165, 1.54) is 0 Å². The summed E-state index contributed by atoms with van der Waals surface area (Å²) in [5, 5.41) is 9.54. The number of hydrogen-bond acceptors (Lipinski definition) is 4. The maximum absolute atomic E-state index is 11.7. The van der Waals surface area contributed by atoms with Gasteiger partial charge in [-0.3, -0.25) is 4.98 Å². The van der Waals surface area contributed by atoms with Crippen LogP contribution in [0.4, 0.5) is 0 Å². The third-order valence-corrected chi connectivity index (χ3v) is 3.98. The lowest BCUT2D eigenvalue weighted by Gasteiger charge is -2.15. The first-order chi connectivity index (χ1) is 8.41. The zero-order chi connectivity index (χ0) is 13.6. The number of nitrogens with zero attached hydrogens (tertiary/aromatic N) is 1. The van der Waals surface area contributed by atoms with Crippen molar-refractivity contribution in [3.05, 3.63) is 30.1 Å². The van der Waals surface area contributed by atoms with E-state index in [4.69, 9.17) is 0 Å². The minimum absolute atomic E-state index is 0.0190. The number of hydrogen-bond donors (Lipinski definition) is 2. The molecule has 0 aliphatic rings. The number of sulfonamides is 1.